The zero-order valence-corrected chi connectivity index (χ0v) is 7.86. The monoisotopic (exact) mass is 174 g/mol. The van der Waals surface area contributed by atoms with E-state index in [-0.39, 0.29) is 0 Å². The molecule has 0 radical (unpaired) electrons. The fourth-order valence-corrected chi connectivity index (χ4v) is 2.14. The van der Waals surface area contributed by atoms with Crippen molar-refractivity contribution < 1.29 is 4.79 Å². The molecule has 0 amide bonds. The quantitative estimate of drug-likeness (QED) is 0.673. The Morgan fingerprint density at radius 3 is 2.54 bits per heavy atom. The van der Waals surface area contributed by atoms with Gasteiger partial charge >= 0.3 is 0 Å². The lowest BCUT2D eigenvalue weighted by atomic mass is 9.68. The lowest BCUT2D eigenvalue weighted by Gasteiger charge is -2.34. The van der Waals surface area contributed by atoms with E-state index < -0.39 is 0 Å². The van der Waals surface area contributed by atoms with Gasteiger partial charge in [0.1, 0.15) is 5.78 Å². The van der Waals surface area contributed by atoms with Crippen molar-refractivity contribution in [1.29, 1.82) is 0 Å². The smallest absolute Gasteiger partial charge is 0.137 e. The fraction of sp³-hybridized carbons (Fsp3) is 0.417. The van der Waals surface area contributed by atoms with E-state index in [1.807, 2.05) is 18.2 Å². The van der Waals surface area contributed by atoms with Crippen molar-refractivity contribution in [3.63, 3.8) is 0 Å². The molecule has 0 aliphatic heterocycles. The second-order valence-corrected chi connectivity index (χ2v) is 3.70. The van der Waals surface area contributed by atoms with Crippen molar-refractivity contribution >= 4 is 5.78 Å². The minimum Gasteiger partial charge on any atom is -0.299 e. The summed E-state index contributed by atoms with van der Waals surface area (Å²) in [6.07, 6.45) is 1.74. The number of benzene rings is 1. The highest BCUT2D eigenvalue weighted by molar-refractivity contribution is 5.89. The number of hydrogen-bond acceptors (Lipinski definition) is 1. The van der Waals surface area contributed by atoms with Gasteiger partial charge in [0.15, 0.2) is 0 Å². The third kappa shape index (κ3) is 1.39. The second kappa shape index (κ2) is 3.33. The predicted octanol–water partition coefficient (Wildman–Crippen LogP) is 2.77. The van der Waals surface area contributed by atoms with E-state index in [0.29, 0.717) is 17.6 Å². The van der Waals surface area contributed by atoms with Crippen LogP contribution in [0.5, 0.6) is 0 Å². The summed E-state index contributed by atoms with van der Waals surface area (Å²) in [6, 6.07) is 10.4. The first-order chi connectivity index (χ1) is 6.33. The molecule has 2 rings (SSSR count). The molecule has 1 aliphatic carbocycles. The van der Waals surface area contributed by atoms with E-state index in [4.69, 9.17) is 0 Å². The summed E-state index contributed by atoms with van der Waals surface area (Å²) in [5, 5.41) is 0. The van der Waals surface area contributed by atoms with Crippen LogP contribution in [-0.2, 0) is 4.79 Å². The first-order valence-electron chi connectivity index (χ1n) is 4.90. The number of hydrogen-bond donors (Lipinski definition) is 0. The fourth-order valence-electron chi connectivity index (χ4n) is 2.14. The van der Waals surface area contributed by atoms with Crippen LogP contribution in [0.2, 0.25) is 0 Å². The number of Topliss-reactive ketones (excluding diaryl/α,β-unsaturated/α-hetero) is 1. The van der Waals surface area contributed by atoms with Crippen LogP contribution in [0, 0.1) is 5.92 Å². The molecule has 1 heteroatoms. The van der Waals surface area contributed by atoms with Crippen LogP contribution in [0.25, 0.3) is 0 Å². The standard InChI is InChI=1S/C12H14O/c1-2-10-11(8-12(10)13)9-6-4-3-5-7-9/h3-7,10-11H,2,8H2,1H3. The number of ketones is 1. The Hall–Kier alpha value is -1.11. The van der Waals surface area contributed by atoms with Crippen molar-refractivity contribution in [3.05, 3.63) is 35.9 Å². The maximum atomic E-state index is 11.2. The van der Waals surface area contributed by atoms with Crippen molar-refractivity contribution in [2.45, 2.75) is 25.7 Å². The van der Waals surface area contributed by atoms with Gasteiger partial charge in [-0.05, 0) is 12.0 Å². The van der Waals surface area contributed by atoms with Crippen molar-refractivity contribution in [2.24, 2.45) is 5.92 Å². The summed E-state index contributed by atoms with van der Waals surface area (Å²) >= 11 is 0. The third-order valence-corrected chi connectivity index (χ3v) is 2.99. The molecule has 0 heterocycles. The molecule has 1 nitrogen and oxygen atoms in total. The van der Waals surface area contributed by atoms with Crippen molar-refractivity contribution in [3.8, 4) is 0 Å². The molecular formula is C12H14O. The van der Waals surface area contributed by atoms with Crippen molar-refractivity contribution in [1.82, 2.24) is 0 Å². The van der Waals surface area contributed by atoms with Gasteiger partial charge in [-0.3, -0.25) is 4.79 Å². The molecule has 2 unspecified atom stereocenters. The first-order valence-corrected chi connectivity index (χ1v) is 4.90. The van der Waals surface area contributed by atoms with Gasteiger partial charge in [-0.15, -0.1) is 0 Å². The molecule has 0 bridgehead atoms. The van der Waals surface area contributed by atoms with Gasteiger partial charge in [0, 0.05) is 18.3 Å². The zero-order valence-electron chi connectivity index (χ0n) is 7.86. The Kier molecular flexibility index (Phi) is 2.17. The van der Waals surface area contributed by atoms with Crippen LogP contribution in [-0.4, -0.2) is 5.78 Å². The van der Waals surface area contributed by atoms with E-state index in [1.165, 1.54) is 5.56 Å². The molecule has 1 fully saturated rings. The van der Waals surface area contributed by atoms with Gasteiger partial charge in [-0.25, -0.2) is 0 Å². The van der Waals surface area contributed by atoms with Gasteiger partial charge in [-0.1, -0.05) is 37.3 Å². The first kappa shape index (κ1) is 8.49. The van der Waals surface area contributed by atoms with Crippen LogP contribution in [0.1, 0.15) is 31.2 Å². The highest BCUT2D eigenvalue weighted by atomic mass is 16.1. The Balaban J connectivity index is 2.16. The molecule has 1 aromatic rings. The van der Waals surface area contributed by atoms with Gasteiger partial charge in [0.2, 0.25) is 0 Å². The average molecular weight is 174 g/mol. The summed E-state index contributed by atoms with van der Waals surface area (Å²) in [6.45, 7) is 2.09. The minimum absolute atomic E-state index is 0.294. The summed E-state index contributed by atoms with van der Waals surface area (Å²) in [5.74, 6) is 1.23. The number of carbonyl (C=O) groups is 1. The summed E-state index contributed by atoms with van der Waals surface area (Å²) < 4.78 is 0. The van der Waals surface area contributed by atoms with Gasteiger partial charge < -0.3 is 0 Å². The molecule has 0 N–H and O–H groups in total. The summed E-state index contributed by atoms with van der Waals surface area (Å²) in [7, 11) is 0. The van der Waals surface area contributed by atoms with Crippen LogP contribution in [0.15, 0.2) is 30.3 Å². The lowest BCUT2D eigenvalue weighted by Crippen LogP contribution is -2.34. The molecule has 1 aromatic carbocycles. The Morgan fingerprint density at radius 2 is 2.00 bits per heavy atom. The Morgan fingerprint density at radius 1 is 1.31 bits per heavy atom. The van der Waals surface area contributed by atoms with Crippen LogP contribution in [0.3, 0.4) is 0 Å². The molecule has 0 spiro atoms. The van der Waals surface area contributed by atoms with Gasteiger partial charge in [-0.2, -0.15) is 0 Å². The highest BCUT2D eigenvalue weighted by Crippen LogP contribution is 2.41. The second-order valence-electron chi connectivity index (χ2n) is 3.70. The van der Waals surface area contributed by atoms with Crippen molar-refractivity contribution in [2.75, 3.05) is 0 Å². The van der Waals surface area contributed by atoms with E-state index >= 15 is 0 Å². The summed E-state index contributed by atoms with van der Waals surface area (Å²) in [4.78, 5) is 11.2. The zero-order chi connectivity index (χ0) is 9.26. The largest absolute Gasteiger partial charge is 0.299 e. The van der Waals surface area contributed by atoms with Gasteiger partial charge in [0.25, 0.3) is 0 Å². The number of rotatable bonds is 2. The van der Waals surface area contributed by atoms with E-state index in [0.717, 1.165) is 12.8 Å². The molecule has 0 saturated heterocycles. The predicted molar refractivity (Wildman–Crippen MR) is 52.6 cm³/mol. The third-order valence-electron chi connectivity index (χ3n) is 2.99. The molecular weight excluding hydrogens is 160 g/mol. The normalized spacial score (nSPS) is 27.0. The molecule has 13 heavy (non-hydrogen) atoms. The highest BCUT2D eigenvalue weighted by Gasteiger charge is 2.38. The lowest BCUT2D eigenvalue weighted by molar-refractivity contribution is -0.131. The molecule has 1 saturated carbocycles. The molecule has 2 atom stereocenters. The topological polar surface area (TPSA) is 17.1 Å². The summed E-state index contributed by atoms with van der Waals surface area (Å²) in [5.41, 5.74) is 1.33. The Bertz CT molecular complexity index is 302. The van der Waals surface area contributed by atoms with Crippen LogP contribution < -0.4 is 0 Å². The Labute approximate surface area is 78.8 Å². The minimum atomic E-state index is 0.294. The average Bonchev–Trinajstić information content (AvgIpc) is 2.16. The maximum Gasteiger partial charge on any atom is 0.137 e. The molecule has 0 aromatic heterocycles. The number of carbonyl (C=O) groups excluding carboxylic acids is 1. The van der Waals surface area contributed by atoms with E-state index in [2.05, 4.69) is 19.1 Å². The SMILES string of the molecule is CCC1C(=O)CC1c1ccccc1. The van der Waals surface area contributed by atoms with Crippen LogP contribution >= 0.6 is 0 Å². The van der Waals surface area contributed by atoms with Gasteiger partial charge in [0.05, 0.1) is 0 Å². The molecule has 68 valence electrons. The van der Waals surface area contributed by atoms with E-state index in [1.54, 1.807) is 0 Å². The van der Waals surface area contributed by atoms with Crippen LogP contribution in [0.4, 0.5) is 0 Å². The molecule has 1 aliphatic rings. The van der Waals surface area contributed by atoms with E-state index in [9.17, 15) is 4.79 Å². The maximum absolute atomic E-state index is 11.2.